The van der Waals surface area contributed by atoms with Crippen LogP contribution in [0.4, 0.5) is 4.39 Å². The number of nitrogens with one attached hydrogen (secondary N) is 1. The molecule has 2 aromatic rings. The van der Waals surface area contributed by atoms with Gasteiger partial charge in [-0.3, -0.25) is 9.48 Å². The minimum Gasteiger partial charge on any atom is -0.384 e. The van der Waals surface area contributed by atoms with E-state index in [0.717, 1.165) is 6.07 Å². The van der Waals surface area contributed by atoms with Gasteiger partial charge in [0.15, 0.2) is 0 Å². The monoisotopic (exact) mass is 287 g/mol. The van der Waals surface area contributed by atoms with E-state index in [0.29, 0.717) is 11.3 Å². The second-order valence-electron chi connectivity index (χ2n) is 4.31. The van der Waals surface area contributed by atoms with Gasteiger partial charge in [-0.2, -0.15) is 5.10 Å². The van der Waals surface area contributed by atoms with E-state index in [-0.39, 0.29) is 18.7 Å². The number of aliphatic hydroxyl groups is 1. The van der Waals surface area contributed by atoms with Gasteiger partial charge in [-0.1, -0.05) is 11.8 Å². The fraction of sp³-hybridized carbons (Fsp3) is 0.200. The lowest BCUT2D eigenvalue weighted by molar-refractivity contribution is 0.0949. The largest absolute Gasteiger partial charge is 0.384 e. The summed E-state index contributed by atoms with van der Waals surface area (Å²) < 4.78 is 14.9. The molecule has 0 aliphatic heterocycles. The molecule has 1 amide bonds. The number of aryl methyl sites for hydroxylation is 1. The molecule has 0 aliphatic carbocycles. The minimum absolute atomic E-state index is 0.131. The molecule has 6 heteroatoms. The van der Waals surface area contributed by atoms with Gasteiger partial charge in [0.1, 0.15) is 12.4 Å². The highest BCUT2D eigenvalue weighted by molar-refractivity contribution is 5.96. The second kappa shape index (κ2) is 6.68. The third-order valence-corrected chi connectivity index (χ3v) is 2.73. The molecule has 0 saturated carbocycles. The van der Waals surface area contributed by atoms with Crippen LogP contribution in [0.5, 0.6) is 0 Å². The molecule has 1 aromatic carbocycles. The van der Waals surface area contributed by atoms with Gasteiger partial charge in [-0.05, 0) is 24.3 Å². The van der Waals surface area contributed by atoms with Gasteiger partial charge in [0.05, 0.1) is 17.8 Å². The van der Waals surface area contributed by atoms with Gasteiger partial charge in [-0.25, -0.2) is 4.39 Å². The highest BCUT2D eigenvalue weighted by Crippen LogP contribution is 2.10. The normalized spacial score (nSPS) is 9.86. The number of rotatable bonds is 3. The molecule has 0 aliphatic rings. The molecule has 5 nitrogen and oxygen atoms in total. The van der Waals surface area contributed by atoms with Crippen LogP contribution in [0.1, 0.15) is 21.6 Å². The number of aromatic nitrogens is 2. The van der Waals surface area contributed by atoms with Crippen molar-refractivity contribution in [3.8, 4) is 11.8 Å². The Morgan fingerprint density at radius 3 is 2.95 bits per heavy atom. The molecule has 0 fully saturated rings. The molecule has 0 spiro atoms. The molecule has 2 rings (SSSR count). The molecule has 0 atom stereocenters. The lowest BCUT2D eigenvalue weighted by atomic mass is 10.1. The zero-order chi connectivity index (χ0) is 15.2. The van der Waals surface area contributed by atoms with E-state index in [2.05, 4.69) is 22.3 Å². The predicted molar refractivity (Wildman–Crippen MR) is 74.7 cm³/mol. The van der Waals surface area contributed by atoms with Gasteiger partial charge in [-0.15, -0.1) is 0 Å². The number of halogens is 1. The SMILES string of the molecule is Cn1ccc(CNC(=O)c2cc(F)ccc2C#CCO)n1. The summed E-state index contributed by atoms with van der Waals surface area (Å²) in [5, 5.41) is 15.5. The first-order chi connectivity index (χ1) is 10.1. The topological polar surface area (TPSA) is 67.2 Å². The minimum atomic E-state index is -0.521. The van der Waals surface area contributed by atoms with Crippen molar-refractivity contribution in [3.05, 3.63) is 53.1 Å². The van der Waals surface area contributed by atoms with Crippen molar-refractivity contribution in [2.24, 2.45) is 7.05 Å². The van der Waals surface area contributed by atoms with E-state index in [1.165, 1.54) is 12.1 Å². The predicted octanol–water partition coefficient (Wildman–Crippen LogP) is 0.833. The maximum absolute atomic E-state index is 13.3. The van der Waals surface area contributed by atoms with E-state index < -0.39 is 11.7 Å². The third-order valence-electron chi connectivity index (χ3n) is 2.73. The Labute approximate surface area is 121 Å². The van der Waals surface area contributed by atoms with E-state index >= 15 is 0 Å². The third kappa shape index (κ3) is 3.91. The van der Waals surface area contributed by atoms with Crippen molar-refractivity contribution in [1.82, 2.24) is 15.1 Å². The van der Waals surface area contributed by atoms with Crippen LogP contribution < -0.4 is 5.32 Å². The Morgan fingerprint density at radius 2 is 2.29 bits per heavy atom. The molecule has 21 heavy (non-hydrogen) atoms. The van der Waals surface area contributed by atoms with E-state index in [9.17, 15) is 9.18 Å². The Hall–Kier alpha value is -2.65. The van der Waals surface area contributed by atoms with E-state index in [4.69, 9.17) is 5.11 Å². The van der Waals surface area contributed by atoms with Crippen LogP contribution in [0, 0.1) is 17.7 Å². The van der Waals surface area contributed by atoms with Crippen molar-refractivity contribution >= 4 is 5.91 Å². The maximum Gasteiger partial charge on any atom is 0.252 e. The molecule has 0 bridgehead atoms. The van der Waals surface area contributed by atoms with Gasteiger partial charge in [0.25, 0.3) is 5.91 Å². The summed E-state index contributed by atoms with van der Waals surface area (Å²) in [5.74, 6) is 4.11. The Kier molecular flexibility index (Phi) is 4.69. The van der Waals surface area contributed by atoms with Gasteiger partial charge >= 0.3 is 0 Å². The number of hydrogen-bond acceptors (Lipinski definition) is 3. The molecular formula is C15H14FN3O2. The van der Waals surface area contributed by atoms with Gasteiger partial charge in [0.2, 0.25) is 0 Å². The molecule has 0 unspecified atom stereocenters. The van der Waals surface area contributed by atoms with Crippen molar-refractivity contribution in [2.75, 3.05) is 6.61 Å². The molecule has 0 saturated heterocycles. The maximum atomic E-state index is 13.3. The van der Waals surface area contributed by atoms with Gasteiger partial charge in [0, 0.05) is 18.8 Å². The Bertz CT molecular complexity index is 713. The van der Waals surface area contributed by atoms with Gasteiger partial charge < -0.3 is 10.4 Å². The second-order valence-corrected chi connectivity index (χ2v) is 4.31. The summed E-state index contributed by atoms with van der Waals surface area (Å²) in [4.78, 5) is 12.1. The average Bonchev–Trinajstić information content (AvgIpc) is 2.89. The number of carbonyl (C=O) groups excluding carboxylic acids is 1. The van der Waals surface area contributed by atoms with Crippen LogP contribution in [-0.2, 0) is 13.6 Å². The van der Waals surface area contributed by atoms with E-state index in [1.54, 1.807) is 24.0 Å². The first kappa shape index (κ1) is 14.8. The van der Waals surface area contributed by atoms with E-state index in [1.807, 2.05) is 0 Å². The summed E-state index contributed by atoms with van der Waals surface area (Å²) in [6.07, 6.45) is 1.77. The summed E-state index contributed by atoms with van der Waals surface area (Å²) in [7, 11) is 1.78. The van der Waals surface area contributed by atoms with Crippen LogP contribution in [0.2, 0.25) is 0 Å². The molecule has 1 heterocycles. The molecule has 0 radical (unpaired) electrons. The fourth-order valence-electron chi connectivity index (χ4n) is 1.77. The fourth-order valence-corrected chi connectivity index (χ4v) is 1.77. The molecule has 1 aromatic heterocycles. The summed E-state index contributed by atoms with van der Waals surface area (Å²) in [6.45, 7) is -0.0879. The van der Waals surface area contributed by atoms with Crippen LogP contribution in [0.25, 0.3) is 0 Å². The zero-order valence-electron chi connectivity index (χ0n) is 11.4. The summed E-state index contributed by atoms with van der Waals surface area (Å²) in [6, 6.07) is 5.53. The first-order valence-corrected chi connectivity index (χ1v) is 6.26. The number of aliphatic hydroxyl groups excluding tert-OH is 1. The summed E-state index contributed by atoms with van der Waals surface area (Å²) in [5.41, 5.74) is 1.20. The van der Waals surface area contributed by atoms with Crippen LogP contribution in [0.3, 0.4) is 0 Å². The highest BCUT2D eigenvalue weighted by Gasteiger charge is 2.12. The number of benzene rings is 1. The van der Waals surface area contributed by atoms with Crippen LogP contribution in [-0.4, -0.2) is 27.4 Å². The number of hydrogen-bond donors (Lipinski definition) is 2. The standard InChI is InChI=1S/C15H14FN3O2/c1-19-7-6-13(18-19)10-17-15(21)14-9-12(16)5-4-11(14)3-2-8-20/h4-7,9,20H,8,10H2,1H3,(H,17,21). The lowest BCUT2D eigenvalue weighted by Gasteiger charge is -2.06. The number of carbonyl (C=O) groups is 1. The molecule has 2 N–H and O–H groups in total. The molecular weight excluding hydrogens is 273 g/mol. The van der Waals surface area contributed by atoms with Crippen molar-refractivity contribution in [1.29, 1.82) is 0 Å². The Morgan fingerprint density at radius 1 is 1.48 bits per heavy atom. The summed E-state index contributed by atoms with van der Waals surface area (Å²) >= 11 is 0. The number of amides is 1. The van der Waals surface area contributed by atoms with Crippen molar-refractivity contribution in [3.63, 3.8) is 0 Å². The average molecular weight is 287 g/mol. The van der Waals surface area contributed by atoms with Crippen LogP contribution >= 0.6 is 0 Å². The quantitative estimate of drug-likeness (QED) is 0.822. The van der Waals surface area contributed by atoms with Crippen molar-refractivity contribution in [2.45, 2.75) is 6.54 Å². The smallest absolute Gasteiger partial charge is 0.252 e. The highest BCUT2D eigenvalue weighted by atomic mass is 19.1. The first-order valence-electron chi connectivity index (χ1n) is 6.26. The lowest BCUT2D eigenvalue weighted by Crippen LogP contribution is -2.24. The zero-order valence-corrected chi connectivity index (χ0v) is 11.4. The molecule has 108 valence electrons. The van der Waals surface area contributed by atoms with Crippen molar-refractivity contribution < 1.29 is 14.3 Å². The Balaban J connectivity index is 2.15. The van der Waals surface area contributed by atoms with Crippen LogP contribution in [0.15, 0.2) is 30.5 Å². The number of nitrogens with zero attached hydrogens (tertiary/aromatic N) is 2.